The molecule has 1 aromatic heterocycles. The SMILES string of the molecule is C[N+](C)(C)CCOc1ccc2nc(CNC(=O)C3(CC(=O)[O-])Cc4ccccc4C3)sc2c1. The lowest BCUT2D eigenvalue weighted by molar-refractivity contribution is -0.870. The van der Waals surface area contributed by atoms with Crippen LogP contribution in [0.5, 0.6) is 5.75 Å². The third kappa shape index (κ3) is 5.51. The van der Waals surface area contributed by atoms with Crippen LogP contribution in [0.25, 0.3) is 10.2 Å². The second kappa shape index (κ2) is 9.11. The highest BCUT2D eigenvalue weighted by atomic mass is 32.1. The van der Waals surface area contributed by atoms with Crippen molar-refractivity contribution in [2.45, 2.75) is 25.8 Å². The number of nitrogens with zero attached hydrogens (tertiary/aromatic N) is 2. The van der Waals surface area contributed by atoms with Gasteiger partial charge in [-0.25, -0.2) is 4.98 Å². The Bertz CT molecular complexity index is 1160. The molecule has 1 heterocycles. The number of aromatic nitrogens is 1. The van der Waals surface area contributed by atoms with E-state index in [0.717, 1.165) is 43.1 Å². The number of carbonyl (C=O) groups is 2. The van der Waals surface area contributed by atoms with Gasteiger partial charge in [0.2, 0.25) is 5.91 Å². The fraction of sp³-hybridized carbons (Fsp3) is 0.400. The maximum absolute atomic E-state index is 13.2. The molecule has 33 heavy (non-hydrogen) atoms. The molecular weight excluding hydrogens is 438 g/mol. The van der Waals surface area contributed by atoms with E-state index in [1.54, 1.807) is 0 Å². The van der Waals surface area contributed by atoms with Crippen LogP contribution in [-0.2, 0) is 29.0 Å². The van der Waals surface area contributed by atoms with Crippen molar-refractivity contribution in [3.63, 3.8) is 0 Å². The van der Waals surface area contributed by atoms with Crippen LogP contribution in [0.2, 0.25) is 0 Å². The Kier molecular flexibility index (Phi) is 6.41. The Hall–Kier alpha value is -2.97. The first kappa shape index (κ1) is 23.2. The zero-order chi connectivity index (χ0) is 23.6. The van der Waals surface area contributed by atoms with Crippen molar-refractivity contribution in [1.29, 1.82) is 0 Å². The van der Waals surface area contributed by atoms with Gasteiger partial charge >= 0.3 is 0 Å². The van der Waals surface area contributed by atoms with Crippen LogP contribution in [0.4, 0.5) is 0 Å². The minimum atomic E-state index is -1.21. The summed E-state index contributed by atoms with van der Waals surface area (Å²) in [5, 5.41) is 15.2. The lowest BCUT2D eigenvalue weighted by Gasteiger charge is -2.28. The normalized spacial score (nSPS) is 14.8. The average molecular weight is 468 g/mol. The van der Waals surface area contributed by atoms with Gasteiger partial charge < -0.3 is 24.4 Å². The molecule has 3 aromatic rings. The average Bonchev–Trinajstić information content (AvgIpc) is 3.31. The fourth-order valence-electron chi connectivity index (χ4n) is 4.23. The molecule has 8 heteroatoms. The highest BCUT2D eigenvalue weighted by Gasteiger charge is 2.43. The third-order valence-electron chi connectivity index (χ3n) is 5.98. The lowest BCUT2D eigenvalue weighted by atomic mass is 9.80. The van der Waals surface area contributed by atoms with E-state index in [1.165, 1.54) is 11.3 Å². The summed E-state index contributed by atoms with van der Waals surface area (Å²) in [5.41, 5.74) is 1.87. The Labute approximate surface area is 197 Å². The molecule has 0 saturated heterocycles. The van der Waals surface area contributed by atoms with Crippen LogP contribution < -0.4 is 15.2 Å². The molecule has 0 unspecified atom stereocenters. The monoisotopic (exact) mass is 467 g/mol. The molecule has 0 aliphatic heterocycles. The topological polar surface area (TPSA) is 91.3 Å². The van der Waals surface area contributed by atoms with Gasteiger partial charge in [0.15, 0.2) is 0 Å². The molecule has 2 aromatic carbocycles. The first-order chi connectivity index (χ1) is 15.6. The van der Waals surface area contributed by atoms with Crippen molar-refractivity contribution >= 4 is 33.4 Å². The first-order valence-electron chi connectivity index (χ1n) is 11.0. The number of benzene rings is 2. The molecule has 4 rings (SSSR count). The Morgan fingerprint density at radius 3 is 2.48 bits per heavy atom. The number of fused-ring (bicyclic) bond motifs is 2. The zero-order valence-electron chi connectivity index (χ0n) is 19.2. The third-order valence-corrected chi connectivity index (χ3v) is 6.99. The molecule has 1 amide bonds. The molecule has 0 radical (unpaired) electrons. The zero-order valence-corrected chi connectivity index (χ0v) is 20.0. The number of carbonyl (C=O) groups excluding carboxylic acids is 2. The Balaban J connectivity index is 1.42. The van der Waals surface area contributed by atoms with Crippen LogP contribution in [-0.4, -0.2) is 55.6 Å². The van der Waals surface area contributed by atoms with Gasteiger partial charge in [-0.3, -0.25) is 4.79 Å². The van der Waals surface area contributed by atoms with Crippen molar-refractivity contribution in [2.24, 2.45) is 5.41 Å². The summed E-state index contributed by atoms with van der Waals surface area (Å²) in [6.45, 7) is 1.77. The van der Waals surface area contributed by atoms with E-state index in [2.05, 4.69) is 31.4 Å². The van der Waals surface area contributed by atoms with Crippen molar-refractivity contribution < 1.29 is 23.9 Å². The van der Waals surface area contributed by atoms with E-state index in [4.69, 9.17) is 4.74 Å². The van der Waals surface area contributed by atoms with E-state index >= 15 is 0 Å². The molecular formula is C25H29N3O4S. The number of thiazole rings is 1. The molecule has 0 saturated carbocycles. The molecule has 0 fully saturated rings. The quantitative estimate of drug-likeness (QED) is 0.486. The van der Waals surface area contributed by atoms with E-state index in [1.807, 2.05) is 42.5 Å². The smallest absolute Gasteiger partial charge is 0.227 e. The summed E-state index contributed by atoms with van der Waals surface area (Å²) in [6.07, 6.45) is 0.495. The van der Waals surface area contributed by atoms with Crippen LogP contribution in [0.1, 0.15) is 22.6 Å². The number of rotatable bonds is 9. The van der Waals surface area contributed by atoms with Crippen molar-refractivity contribution in [1.82, 2.24) is 10.3 Å². The summed E-state index contributed by atoms with van der Waals surface area (Å²) >= 11 is 1.50. The van der Waals surface area contributed by atoms with Gasteiger partial charge in [-0.05, 0) is 42.2 Å². The van der Waals surface area contributed by atoms with Crippen LogP contribution in [0.3, 0.4) is 0 Å². The van der Waals surface area contributed by atoms with E-state index in [0.29, 0.717) is 19.4 Å². The second-order valence-corrected chi connectivity index (χ2v) is 10.8. The molecule has 1 N–H and O–H groups in total. The van der Waals surface area contributed by atoms with Crippen LogP contribution >= 0.6 is 11.3 Å². The number of aliphatic carboxylic acids is 1. The summed E-state index contributed by atoms with van der Waals surface area (Å²) in [4.78, 5) is 29.2. The first-order valence-corrected chi connectivity index (χ1v) is 11.8. The highest BCUT2D eigenvalue weighted by molar-refractivity contribution is 7.18. The molecule has 1 aliphatic rings. The summed E-state index contributed by atoms with van der Waals surface area (Å²) in [6, 6.07) is 13.5. The van der Waals surface area contributed by atoms with Crippen molar-refractivity contribution in [3.8, 4) is 5.75 Å². The summed E-state index contributed by atoms with van der Waals surface area (Å²) in [5.74, 6) is -0.686. The standard InChI is InChI=1S/C25H29N3O4S/c1-28(2,3)10-11-32-19-8-9-20-21(12-19)33-22(27-20)16-26-24(31)25(15-23(29)30)13-17-6-4-5-7-18(17)14-25/h4-9,12H,10-11,13-16H2,1-3H3,(H-,26,29,30,31). The molecule has 0 spiro atoms. The van der Waals surface area contributed by atoms with Crippen LogP contribution in [0, 0.1) is 5.41 Å². The number of carboxylic acids is 1. The van der Waals surface area contributed by atoms with Gasteiger partial charge in [-0.1, -0.05) is 24.3 Å². The van der Waals surface area contributed by atoms with E-state index in [-0.39, 0.29) is 18.9 Å². The minimum Gasteiger partial charge on any atom is -0.550 e. The second-order valence-electron chi connectivity index (χ2n) is 9.73. The number of hydrogen-bond donors (Lipinski definition) is 1. The Morgan fingerprint density at radius 1 is 1.15 bits per heavy atom. The van der Waals surface area contributed by atoms with Gasteiger partial charge in [0.1, 0.15) is 23.9 Å². The van der Waals surface area contributed by atoms with Crippen LogP contribution in [0.15, 0.2) is 42.5 Å². The van der Waals surface area contributed by atoms with Crippen molar-refractivity contribution in [3.05, 3.63) is 58.6 Å². The van der Waals surface area contributed by atoms with Gasteiger partial charge in [0.25, 0.3) is 0 Å². The lowest BCUT2D eigenvalue weighted by Crippen LogP contribution is -2.45. The van der Waals surface area contributed by atoms with E-state index < -0.39 is 11.4 Å². The van der Waals surface area contributed by atoms with E-state index in [9.17, 15) is 14.7 Å². The number of likely N-dealkylation sites (N-methyl/N-ethyl adjacent to an activating group) is 1. The largest absolute Gasteiger partial charge is 0.550 e. The number of amides is 1. The maximum atomic E-state index is 13.2. The Morgan fingerprint density at radius 2 is 1.85 bits per heavy atom. The fourth-order valence-corrected chi connectivity index (χ4v) is 5.17. The molecule has 0 bridgehead atoms. The van der Waals surface area contributed by atoms with Gasteiger partial charge in [0, 0.05) is 12.4 Å². The molecule has 7 nitrogen and oxygen atoms in total. The number of hydrogen-bond acceptors (Lipinski definition) is 6. The molecule has 1 aliphatic carbocycles. The van der Waals surface area contributed by atoms with Gasteiger partial charge in [0.05, 0.1) is 43.3 Å². The molecule has 0 atom stereocenters. The predicted octanol–water partition coefficient (Wildman–Crippen LogP) is 1.92. The number of ether oxygens (including phenoxy) is 1. The summed E-state index contributed by atoms with van der Waals surface area (Å²) < 4.78 is 7.69. The number of nitrogens with one attached hydrogen (secondary N) is 1. The minimum absolute atomic E-state index is 0.251. The van der Waals surface area contributed by atoms with Gasteiger partial charge in [-0.2, -0.15) is 0 Å². The number of carboxylic acid groups (broad SMARTS) is 1. The molecule has 174 valence electrons. The maximum Gasteiger partial charge on any atom is 0.227 e. The number of quaternary nitrogens is 1. The van der Waals surface area contributed by atoms with Gasteiger partial charge in [-0.15, -0.1) is 11.3 Å². The highest BCUT2D eigenvalue weighted by Crippen LogP contribution is 2.40. The predicted molar refractivity (Wildman–Crippen MR) is 126 cm³/mol. The summed E-state index contributed by atoms with van der Waals surface area (Å²) in [7, 11) is 6.37. The van der Waals surface area contributed by atoms with Crippen molar-refractivity contribution in [2.75, 3.05) is 34.3 Å².